The summed E-state index contributed by atoms with van der Waals surface area (Å²) in [5.41, 5.74) is 2.21. The van der Waals surface area contributed by atoms with Crippen LogP contribution in [0.4, 0.5) is 11.4 Å². The molecule has 0 aromatic heterocycles. The topological polar surface area (TPSA) is 58.6 Å². The van der Waals surface area contributed by atoms with Gasteiger partial charge in [-0.1, -0.05) is 30.3 Å². The van der Waals surface area contributed by atoms with Gasteiger partial charge in [-0.05, 0) is 55.5 Å². The van der Waals surface area contributed by atoms with Crippen LogP contribution < -0.4 is 15.0 Å². The molecule has 142 valence electrons. The van der Waals surface area contributed by atoms with Crippen molar-refractivity contribution in [3.8, 4) is 5.75 Å². The molecular formula is C23H22N2O3. The first-order valence-electron chi connectivity index (χ1n) is 9.05. The molecule has 0 saturated heterocycles. The summed E-state index contributed by atoms with van der Waals surface area (Å²) in [5.74, 6) is 0.221. The van der Waals surface area contributed by atoms with Gasteiger partial charge in [-0.15, -0.1) is 0 Å². The molecule has 3 aromatic carbocycles. The van der Waals surface area contributed by atoms with Gasteiger partial charge in [-0.2, -0.15) is 0 Å². The van der Waals surface area contributed by atoms with Gasteiger partial charge in [-0.25, -0.2) is 0 Å². The molecule has 0 spiro atoms. The number of carbonyl (C=O) groups is 2. The van der Waals surface area contributed by atoms with Gasteiger partial charge in [0.2, 0.25) is 0 Å². The Kier molecular flexibility index (Phi) is 6.07. The van der Waals surface area contributed by atoms with E-state index in [2.05, 4.69) is 5.32 Å². The largest absolute Gasteiger partial charge is 0.497 e. The van der Waals surface area contributed by atoms with Crippen LogP contribution in [-0.2, 0) is 0 Å². The highest BCUT2D eigenvalue weighted by Crippen LogP contribution is 2.22. The molecule has 5 nitrogen and oxygen atoms in total. The number of carbonyl (C=O) groups excluding carboxylic acids is 2. The van der Waals surface area contributed by atoms with Crippen molar-refractivity contribution in [2.45, 2.75) is 6.92 Å². The minimum Gasteiger partial charge on any atom is -0.497 e. The monoisotopic (exact) mass is 374 g/mol. The lowest BCUT2D eigenvalue weighted by Gasteiger charge is -2.22. The Hall–Kier alpha value is -3.60. The molecule has 0 atom stereocenters. The maximum atomic E-state index is 13.2. The zero-order valence-corrected chi connectivity index (χ0v) is 15.9. The molecule has 0 aliphatic heterocycles. The normalized spacial score (nSPS) is 10.2. The number of hydrogen-bond donors (Lipinski definition) is 1. The van der Waals surface area contributed by atoms with Crippen LogP contribution in [-0.4, -0.2) is 25.5 Å². The second-order valence-electron chi connectivity index (χ2n) is 6.11. The maximum Gasteiger partial charge on any atom is 0.260 e. The first kappa shape index (κ1) is 19.2. The SMILES string of the molecule is CCN(C(=O)c1ccccc1NC(=O)c1ccc(OC)cc1)c1ccccc1. The van der Waals surface area contributed by atoms with Gasteiger partial charge in [0.05, 0.1) is 18.4 Å². The molecule has 0 aliphatic carbocycles. The summed E-state index contributed by atoms with van der Waals surface area (Å²) >= 11 is 0. The third-order valence-electron chi connectivity index (χ3n) is 4.39. The lowest BCUT2D eigenvalue weighted by molar-refractivity contribution is 0.0989. The van der Waals surface area contributed by atoms with E-state index in [9.17, 15) is 9.59 Å². The van der Waals surface area contributed by atoms with Crippen LogP contribution >= 0.6 is 0 Å². The van der Waals surface area contributed by atoms with E-state index < -0.39 is 0 Å². The molecule has 0 radical (unpaired) electrons. The van der Waals surface area contributed by atoms with Crippen molar-refractivity contribution in [3.63, 3.8) is 0 Å². The molecular weight excluding hydrogens is 352 g/mol. The number of ether oxygens (including phenoxy) is 1. The number of benzene rings is 3. The van der Waals surface area contributed by atoms with Crippen LogP contribution in [0, 0.1) is 0 Å². The molecule has 0 saturated carbocycles. The van der Waals surface area contributed by atoms with Crippen LogP contribution in [0.25, 0.3) is 0 Å². The van der Waals surface area contributed by atoms with Crippen LogP contribution in [0.2, 0.25) is 0 Å². The summed E-state index contributed by atoms with van der Waals surface area (Å²) in [7, 11) is 1.57. The van der Waals surface area contributed by atoms with Crippen molar-refractivity contribution in [1.29, 1.82) is 0 Å². The average Bonchev–Trinajstić information content (AvgIpc) is 2.75. The van der Waals surface area contributed by atoms with E-state index in [4.69, 9.17) is 4.74 Å². The molecule has 2 amide bonds. The summed E-state index contributed by atoms with van der Waals surface area (Å²) in [5, 5.41) is 2.85. The van der Waals surface area contributed by atoms with Crippen molar-refractivity contribution in [3.05, 3.63) is 90.0 Å². The molecule has 1 N–H and O–H groups in total. The lowest BCUT2D eigenvalue weighted by Crippen LogP contribution is -2.31. The van der Waals surface area contributed by atoms with E-state index in [0.29, 0.717) is 29.1 Å². The van der Waals surface area contributed by atoms with E-state index in [0.717, 1.165) is 5.69 Å². The van der Waals surface area contributed by atoms with Crippen LogP contribution in [0.5, 0.6) is 5.75 Å². The fourth-order valence-electron chi connectivity index (χ4n) is 2.91. The number of rotatable bonds is 6. The minimum atomic E-state index is -0.286. The Balaban J connectivity index is 1.86. The second kappa shape index (κ2) is 8.86. The van der Waals surface area contributed by atoms with Gasteiger partial charge in [0, 0.05) is 17.8 Å². The zero-order valence-electron chi connectivity index (χ0n) is 15.9. The van der Waals surface area contributed by atoms with E-state index in [-0.39, 0.29) is 11.8 Å². The molecule has 0 aliphatic rings. The number of anilines is 2. The molecule has 0 heterocycles. The number of methoxy groups -OCH3 is 1. The van der Waals surface area contributed by atoms with Gasteiger partial charge in [-0.3, -0.25) is 9.59 Å². The lowest BCUT2D eigenvalue weighted by atomic mass is 10.1. The highest BCUT2D eigenvalue weighted by molar-refractivity contribution is 6.13. The van der Waals surface area contributed by atoms with Crippen molar-refractivity contribution >= 4 is 23.2 Å². The third-order valence-corrected chi connectivity index (χ3v) is 4.39. The van der Waals surface area contributed by atoms with Crippen molar-refractivity contribution in [2.75, 3.05) is 23.9 Å². The van der Waals surface area contributed by atoms with Gasteiger partial charge in [0.1, 0.15) is 5.75 Å². The van der Waals surface area contributed by atoms with E-state index in [1.165, 1.54) is 0 Å². The Morgan fingerprint density at radius 3 is 2.18 bits per heavy atom. The summed E-state index contributed by atoms with van der Waals surface area (Å²) in [6.07, 6.45) is 0. The highest BCUT2D eigenvalue weighted by atomic mass is 16.5. The Labute approximate surface area is 164 Å². The van der Waals surface area contributed by atoms with Crippen molar-refractivity contribution in [1.82, 2.24) is 0 Å². The first-order valence-corrected chi connectivity index (χ1v) is 9.05. The third kappa shape index (κ3) is 4.20. The molecule has 0 bridgehead atoms. The number of para-hydroxylation sites is 2. The van der Waals surface area contributed by atoms with Crippen molar-refractivity contribution < 1.29 is 14.3 Å². The standard InChI is InChI=1S/C23H22N2O3/c1-3-25(18-9-5-4-6-10-18)23(27)20-11-7-8-12-21(20)24-22(26)17-13-15-19(28-2)16-14-17/h4-16H,3H2,1-2H3,(H,24,26). The van der Waals surface area contributed by atoms with Crippen LogP contribution in [0.3, 0.4) is 0 Å². The molecule has 0 fully saturated rings. The van der Waals surface area contributed by atoms with Crippen molar-refractivity contribution in [2.24, 2.45) is 0 Å². The Bertz CT molecular complexity index is 953. The molecule has 0 unspecified atom stereocenters. The summed E-state index contributed by atoms with van der Waals surface area (Å²) in [6.45, 7) is 2.44. The minimum absolute atomic E-state index is 0.167. The summed E-state index contributed by atoms with van der Waals surface area (Å²) in [4.78, 5) is 27.5. The highest BCUT2D eigenvalue weighted by Gasteiger charge is 2.20. The van der Waals surface area contributed by atoms with Gasteiger partial charge < -0.3 is 15.0 Å². The number of nitrogens with zero attached hydrogens (tertiary/aromatic N) is 1. The molecule has 3 rings (SSSR count). The first-order chi connectivity index (χ1) is 13.6. The average molecular weight is 374 g/mol. The predicted molar refractivity (Wildman–Crippen MR) is 111 cm³/mol. The van der Waals surface area contributed by atoms with Crippen LogP contribution in [0.1, 0.15) is 27.6 Å². The van der Waals surface area contributed by atoms with E-state index in [1.54, 1.807) is 60.5 Å². The Morgan fingerprint density at radius 2 is 1.54 bits per heavy atom. The molecule has 5 heteroatoms. The summed E-state index contributed by atoms with van der Waals surface area (Å²) in [6, 6.07) is 23.3. The number of amides is 2. The van der Waals surface area contributed by atoms with E-state index >= 15 is 0 Å². The zero-order chi connectivity index (χ0) is 19.9. The van der Waals surface area contributed by atoms with Gasteiger partial charge in [0.15, 0.2) is 0 Å². The fraction of sp³-hybridized carbons (Fsp3) is 0.130. The van der Waals surface area contributed by atoms with Gasteiger partial charge >= 0.3 is 0 Å². The number of nitrogens with one attached hydrogen (secondary N) is 1. The second-order valence-corrected chi connectivity index (χ2v) is 6.11. The quantitative estimate of drug-likeness (QED) is 0.685. The predicted octanol–water partition coefficient (Wildman–Crippen LogP) is 4.61. The molecule has 28 heavy (non-hydrogen) atoms. The van der Waals surface area contributed by atoms with E-state index in [1.807, 2.05) is 37.3 Å². The maximum absolute atomic E-state index is 13.2. The van der Waals surface area contributed by atoms with Gasteiger partial charge in [0.25, 0.3) is 11.8 Å². The smallest absolute Gasteiger partial charge is 0.260 e. The fourth-order valence-corrected chi connectivity index (χ4v) is 2.91. The Morgan fingerprint density at radius 1 is 0.893 bits per heavy atom. The molecule has 3 aromatic rings. The number of hydrogen-bond acceptors (Lipinski definition) is 3. The summed E-state index contributed by atoms with van der Waals surface area (Å²) < 4.78 is 5.12. The van der Waals surface area contributed by atoms with Crippen LogP contribution in [0.15, 0.2) is 78.9 Å².